The lowest BCUT2D eigenvalue weighted by Crippen LogP contribution is -2.35. The molecule has 7 heteroatoms. The number of methoxy groups -OCH3 is 1. The van der Waals surface area contributed by atoms with Crippen LogP contribution in [0.5, 0.6) is 5.75 Å². The monoisotopic (exact) mass is 477 g/mol. The Morgan fingerprint density at radius 2 is 1.92 bits per heavy atom. The molecule has 36 heavy (non-hydrogen) atoms. The Morgan fingerprint density at radius 1 is 1.06 bits per heavy atom. The molecular weight excluding hydrogens is 450 g/mol. The summed E-state index contributed by atoms with van der Waals surface area (Å²) >= 11 is 0. The van der Waals surface area contributed by atoms with Gasteiger partial charge in [-0.25, -0.2) is 14.6 Å². The number of aromatic nitrogens is 5. The van der Waals surface area contributed by atoms with Crippen LogP contribution < -0.4 is 4.74 Å². The van der Waals surface area contributed by atoms with E-state index in [1.165, 1.54) is 0 Å². The molecule has 0 radical (unpaired) electrons. The number of fused-ring (bicyclic) bond motifs is 2. The molecule has 0 fully saturated rings. The molecule has 1 N–H and O–H groups in total. The first kappa shape index (κ1) is 22.2. The number of hydrogen-bond acceptors (Lipinski definition) is 5. The molecule has 0 spiro atoms. The molecule has 0 saturated carbocycles. The molecule has 0 unspecified atom stereocenters. The lowest BCUT2D eigenvalue weighted by Gasteiger charge is -2.32. The van der Waals surface area contributed by atoms with Crippen molar-refractivity contribution < 1.29 is 9.84 Å². The summed E-state index contributed by atoms with van der Waals surface area (Å²) in [4.78, 5) is 9.09. The summed E-state index contributed by atoms with van der Waals surface area (Å²) in [5, 5.41) is 18.8. The minimum atomic E-state index is -1.19. The van der Waals surface area contributed by atoms with Crippen molar-refractivity contribution in [3.63, 3.8) is 0 Å². The van der Waals surface area contributed by atoms with Gasteiger partial charge in [0.15, 0.2) is 11.6 Å². The van der Waals surface area contributed by atoms with Crippen LogP contribution in [-0.4, -0.2) is 36.5 Å². The first-order chi connectivity index (χ1) is 17.5. The van der Waals surface area contributed by atoms with E-state index in [1.54, 1.807) is 13.4 Å². The number of hydrogen-bond donors (Lipinski definition) is 1. The second-order valence-corrected chi connectivity index (χ2v) is 9.19. The summed E-state index contributed by atoms with van der Waals surface area (Å²) in [6.45, 7) is 2.69. The van der Waals surface area contributed by atoms with E-state index in [0.717, 1.165) is 52.0 Å². The van der Waals surface area contributed by atoms with Gasteiger partial charge < -0.3 is 14.4 Å². The van der Waals surface area contributed by atoms with Crippen molar-refractivity contribution in [2.75, 3.05) is 7.11 Å². The highest BCUT2D eigenvalue weighted by Gasteiger charge is 2.40. The topological polar surface area (TPSA) is 78.0 Å². The highest BCUT2D eigenvalue weighted by Crippen LogP contribution is 2.40. The predicted molar refractivity (Wildman–Crippen MR) is 140 cm³/mol. The van der Waals surface area contributed by atoms with Gasteiger partial charge in [0.25, 0.3) is 0 Å². The summed E-state index contributed by atoms with van der Waals surface area (Å²) in [7, 11) is 1.66. The predicted octanol–water partition coefficient (Wildman–Crippen LogP) is 5.13. The van der Waals surface area contributed by atoms with Crippen LogP contribution in [0.4, 0.5) is 0 Å². The van der Waals surface area contributed by atoms with E-state index >= 15 is 0 Å². The number of nitrogens with zero attached hydrogens (tertiary/aromatic N) is 5. The maximum Gasteiger partial charge on any atom is 0.174 e. The third kappa shape index (κ3) is 3.78. The van der Waals surface area contributed by atoms with E-state index < -0.39 is 5.60 Å². The molecule has 2 aromatic heterocycles. The van der Waals surface area contributed by atoms with Crippen molar-refractivity contribution in [3.8, 4) is 11.4 Å². The van der Waals surface area contributed by atoms with E-state index in [1.807, 2.05) is 77.0 Å². The van der Waals surface area contributed by atoms with Crippen LogP contribution in [0.3, 0.4) is 0 Å². The third-order valence-corrected chi connectivity index (χ3v) is 6.82. The fraction of sp³-hybridized carbons (Fsp3) is 0.207. The number of rotatable bonds is 5. The quantitative estimate of drug-likeness (QED) is 0.380. The van der Waals surface area contributed by atoms with Gasteiger partial charge in [0.05, 0.1) is 24.8 Å². The molecule has 5 aromatic rings. The molecule has 1 atom stereocenters. The van der Waals surface area contributed by atoms with Crippen molar-refractivity contribution in [1.29, 1.82) is 0 Å². The first-order valence-corrected chi connectivity index (χ1v) is 12.1. The van der Waals surface area contributed by atoms with E-state index in [9.17, 15) is 5.11 Å². The number of benzene rings is 3. The smallest absolute Gasteiger partial charge is 0.174 e. The maximum absolute atomic E-state index is 11.9. The van der Waals surface area contributed by atoms with Crippen LogP contribution in [0.25, 0.3) is 28.6 Å². The zero-order valence-electron chi connectivity index (χ0n) is 20.3. The Hall–Kier alpha value is -4.23. The molecule has 6 rings (SSSR count). The van der Waals surface area contributed by atoms with Crippen molar-refractivity contribution in [1.82, 2.24) is 24.3 Å². The molecular formula is C29H27N5O2. The van der Waals surface area contributed by atoms with Crippen LogP contribution in [0.1, 0.15) is 41.3 Å². The van der Waals surface area contributed by atoms with Gasteiger partial charge in [0.2, 0.25) is 0 Å². The minimum Gasteiger partial charge on any atom is -0.495 e. The maximum atomic E-state index is 11.9. The van der Waals surface area contributed by atoms with Gasteiger partial charge in [-0.15, -0.1) is 0 Å². The van der Waals surface area contributed by atoms with Crippen LogP contribution in [-0.2, 0) is 12.1 Å². The number of aryl methyl sites for hydroxylation is 2. The van der Waals surface area contributed by atoms with Gasteiger partial charge in [-0.05, 0) is 59.9 Å². The fourth-order valence-corrected chi connectivity index (χ4v) is 5.06. The Labute approximate surface area is 209 Å². The largest absolute Gasteiger partial charge is 0.495 e. The lowest BCUT2D eigenvalue weighted by molar-refractivity contribution is 0.0409. The summed E-state index contributed by atoms with van der Waals surface area (Å²) < 4.78 is 9.42. The molecule has 3 aromatic carbocycles. The standard InChI is InChI=1S/C29H27N5O2/c1-20-18-33(19-30-20)25-13-11-21(17-26(25)36-2)12-14-27-31-28-29(35,15-6-16-34(28)32-27)24-10-5-8-22-7-3-4-9-23(22)24/h3-5,7-14,17-19,35H,6,15-16H2,1-2H3/t29-/m1/s1. The zero-order valence-corrected chi connectivity index (χ0v) is 20.3. The highest BCUT2D eigenvalue weighted by molar-refractivity contribution is 5.86. The average Bonchev–Trinajstić information content (AvgIpc) is 3.54. The van der Waals surface area contributed by atoms with Crippen LogP contribution >= 0.6 is 0 Å². The molecule has 7 nitrogen and oxygen atoms in total. The molecule has 1 aliphatic rings. The number of ether oxygens (including phenoxy) is 1. The van der Waals surface area contributed by atoms with Crippen LogP contribution in [0, 0.1) is 6.92 Å². The molecule has 0 bridgehead atoms. The van der Waals surface area contributed by atoms with Crippen molar-refractivity contribution >= 4 is 22.9 Å². The van der Waals surface area contributed by atoms with Crippen LogP contribution in [0.15, 0.2) is 73.2 Å². The second kappa shape index (κ2) is 8.77. The van der Waals surface area contributed by atoms with Gasteiger partial charge in [-0.3, -0.25) is 0 Å². The number of imidazole rings is 1. The van der Waals surface area contributed by atoms with E-state index in [2.05, 4.69) is 23.2 Å². The normalized spacial score (nSPS) is 17.5. The second-order valence-electron chi connectivity index (χ2n) is 9.19. The van der Waals surface area contributed by atoms with E-state index in [0.29, 0.717) is 18.1 Å². The van der Waals surface area contributed by atoms with Crippen LogP contribution in [0.2, 0.25) is 0 Å². The van der Waals surface area contributed by atoms with Gasteiger partial charge in [-0.1, -0.05) is 54.6 Å². The molecule has 1 aliphatic heterocycles. The average molecular weight is 478 g/mol. The van der Waals surface area contributed by atoms with E-state index in [4.69, 9.17) is 14.8 Å². The molecule has 0 aliphatic carbocycles. The lowest BCUT2D eigenvalue weighted by atomic mass is 9.83. The fourth-order valence-electron chi connectivity index (χ4n) is 5.06. The summed E-state index contributed by atoms with van der Waals surface area (Å²) in [6, 6.07) is 20.2. The molecule has 180 valence electrons. The third-order valence-electron chi connectivity index (χ3n) is 6.82. The van der Waals surface area contributed by atoms with E-state index in [-0.39, 0.29) is 0 Å². The van der Waals surface area contributed by atoms with Crippen molar-refractivity contribution in [2.24, 2.45) is 0 Å². The zero-order chi connectivity index (χ0) is 24.7. The Bertz CT molecular complexity index is 1590. The van der Waals surface area contributed by atoms with Gasteiger partial charge in [0, 0.05) is 12.7 Å². The van der Waals surface area contributed by atoms with Crippen molar-refractivity contribution in [3.05, 3.63) is 102 Å². The summed E-state index contributed by atoms with van der Waals surface area (Å²) in [5.74, 6) is 1.91. The molecule has 0 saturated heterocycles. The summed E-state index contributed by atoms with van der Waals surface area (Å²) in [6.07, 6.45) is 9.01. The first-order valence-electron chi connectivity index (χ1n) is 12.1. The van der Waals surface area contributed by atoms with Gasteiger partial charge in [0.1, 0.15) is 11.4 Å². The van der Waals surface area contributed by atoms with Gasteiger partial charge in [-0.2, -0.15) is 5.10 Å². The Morgan fingerprint density at radius 3 is 2.75 bits per heavy atom. The highest BCUT2D eigenvalue weighted by atomic mass is 16.5. The van der Waals surface area contributed by atoms with Crippen molar-refractivity contribution in [2.45, 2.75) is 31.9 Å². The summed E-state index contributed by atoms with van der Waals surface area (Å²) in [5.41, 5.74) is 2.51. The molecule has 0 amide bonds. The minimum absolute atomic E-state index is 0.568. The molecule has 3 heterocycles. The SMILES string of the molecule is COc1cc(C=Cc2nc3n(n2)CCC[C@@]3(O)c2cccc3ccccc23)ccc1-n1cnc(C)c1. The Kier molecular flexibility index (Phi) is 5.42. The Balaban J connectivity index is 1.33. The number of aliphatic hydroxyl groups is 1. The van der Waals surface area contributed by atoms with Gasteiger partial charge >= 0.3 is 0 Å².